The summed E-state index contributed by atoms with van der Waals surface area (Å²) in [4.78, 5) is 21.4. The Bertz CT molecular complexity index is 932. The fourth-order valence-corrected chi connectivity index (χ4v) is 4.60. The molecule has 1 saturated heterocycles. The summed E-state index contributed by atoms with van der Waals surface area (Å²) >= 11 is 0. The zero-order chi connectivity index (χ0) is 20.3. The lowest BCUT2D eigenvalue weighted by molar-refractivity contribution is 0.0711. The predicted molar refractivity (Wildman–Crippen MR) is 109 cm³/mol. The number of sulfone groups is 1. The van der Waals surface area contributed by atoms with Crippen LogP contribution in [0.5, 0.6) is 0 Å². The van der Waals surface area contributed by atoms with Crippen LogP contribution in [0.25, 0.3) is 0 Å². The van der Waals surface area contributed by atoms with Crippen LogP contribution in [0.1, 0.15) is 40.4 Å². The van der Waals surface area contributed by atoms with Crippen molar-refractivity contribution in [2.75, 3.05) is 33.4 Å². The molecule has 2 aromatic rings. The number of hydrogen-bond acceptors (Lipinski definition) is 5. The van der Waals surface area contributed by atoms with Crippen LogP contribution in [-0.2, 0) is 16.4 Å². The Morgan fingerprint density at radius 2 is 1.79 bits per heavy atom. The third kappa shape index (κ3) is 4.77. The van der Waals surface area contributed by atoms with E-state index in [9.17, 15) is 13.2 Å². The van der Waals surface area contributed by atoms with E-state index in [4.69, 9.17) is 0 Å². The summed E-state index contributed by atoms with van der Waals surface area (Å²) in [5, 5.41) is 0. The van der Waals surface area contributed by atoms with Crippen LogP contribution in [0, 0.1) is 0 Å². The van der Waals surface area contributed by atoms with Crippen LogP contribution >= 0.6 is 0 Å². The topological polar surface area (TPSA) is 70.6 Å². The van der Waals surface area contributed by atoms with Crippen molar-refractivity contribution >= 4 is 15.7 Å². The SMILES string of the molecule is CN(C)Cc1ccc(C(=O)N2CCC(c3ncccc3S(C)(=O)=O)CC2)cc1. The molecule has 1 fully saturated rings. The number of benzene rings is 1. The highest BCUT2D eigenvalue weighted by molar-refractivity contribution is 7.90. The molecule has 1 aliphatic heterocycles. The lowest BCUT2D eigenvalue weighted by atomic mass is 9.92. The van der Waals surface area contributed by atoms with Gasteiger partial charge in [0.1, 0.15) is 0 Å². The summed E-state index contributed by atoms with van der Waals surface area (Å²) < 4.78 is 24.1. The molecule has 150 valence electrons. The second-order valence-corrected chi connectivity index (χ2v) is 9.64. The molecule has 3 rings (SSSR count). The van der Waals surface area contributed by atoms with Gasteiger partial charge < -0.3 is 9.80 Å². The van der Waals surface area contributed by atoms with E-state index in [1.807, 2.05) is 43.3 Å². The quantitative estimate of drug-likeness (QED) is 0.770. The van der Waals surface area contributed by atoms with Gasteiger partial charge >= 0.3 is 0 Å². The number of carbonyl (C=O) groups is 1. The van der Waals surface area contributed by atoms with E-state index in [-0.39, 0.29) is 11.8 Å². The number of hydrogen-bond donors (Lipinski definition) is 0. The average Bonchev–Trinajstić information content (AvgIpc) is 2.67. The maximum atomic E-state index is 12.8. The molecule has 0 radical (unpaired) electrons. The summed E-state index contributed by atoms with van der Waals surface area (Å²) in [6.07, 6.45) is 4.27. The van der Waals surface area contributed by atoms with Crippen LogP contribution in [0.3, 0.4) is 0 Å². The van der Waals surface area contributed by atoms with E-state index >= 15 is 0 Å². The highest BCUT2D eigenvalue weighted by atomic mass is 32.2. The highest BCUT2D eigenvalue weighted by Crippen LogP contribution is 2.31. The number of rotatable bonds is 5. The Hall–Kier alpha value is -2.25. The lowest BCUT2D eigenvalue weighted by Gasteiger charge is -2.32. The molecule has 0 spiro atoms. The van der Waals surface area contributed by atoms with Gasteiger partial charge in [-0.1, -0.05) is 12.1 Å². The van der Waals surface area contributed by atoms with Crippen molar-refractivity contribution in [3.8, 4) is 0 Å². The molecule has 7 heteroatoms. The van der Waals surface area contributed by atoms with Gasteiger partial charge in [-0.05, 0) is 56.8 Å². The zero-order valence-corrected chi connectivity index (χ0v) is 17.4. The van der Waals surface area contributed by atoms with E-state index in [2.05, 4.69) is 9.88 Å². The van der Waals surface area contributed by atoms with E-state index < -0.39 is 9.84 Å². The molecule has 28 heavy (non-hydrogen) atoms. The Balaban J connectivity index is 1.67. The fraction of sp³-hybridized carbons (Fsp3) is 0.429. The Kier molecular flexibility index (Phi) is 6.15. The number of carbonyl (C=O) groups excluding carboxylic acids is 1. The molecule has 6 nitrogen and oxygen atoms in total. The highest BCUT2D eigenvalue weighted by Gasteiger charge is 2.28. The first-order valence-electron chi connectivity index (χ1n) is 9.43. The van der Waals surface area contributed by atoms with Crippen LogP contribution in [0.2, 0.25) is 0 Å². The van der Waals surface area contributed by atoms with E-state index in [1.54, 1.807) is 18.3 Å². The number of pyridine rings is 1. The molecular formula is C21H27N3O3S. The molecule has 0 aliphatic carbocycles. The van der Waals surface area contributed by atoms with E-state index in [0.717, 1.165) is 6.54 Å². The largest absolute Gasteiger partial charge is 0.339 e. The monoisotopic (exact) mass is 401 g/mol. The van der Waals surface area contributed by atoms with Crippen molar-refractivity contribution in [2.45, 2.75) is 30.2 Å². The molecule has 0 unspecified atom stereocenters. The molecule has 1 aliphatic rings. The number of nitrogens with zero attached hydrogens (tertiary/aromatic N) is 3. The van der Waals surface area contributed by atoms with Gasteiger partial charge in [-0.2, -0.15) is 0 Å². The molecule has 0 bridgehead atoms. The third-order valence-electron chi connectivity index (χ3n) is 5.07. The fourth-order valence-electron chi connectivity index (χ4n) is 3.68. The Morgan fingerprint density at radius 3 is 2.36 bits per heavy atom. The third-order valence-corrected chi connectivity index (χ3v) is 6.21. The van der Waals surface area contributed by atoms with Gasteiger partial charge in [-0.25, -0.2) is 8.42 Å². The maximum Gasteiger partial charge on any atom is 0.253 e. The number of likely N-dealkylation sites (tertiary alicyclic amines) is 1. The molecule has 0 N–H and O–H groups in total. The predicted octanol–water partition coefficient (Wildman–Crippen LogP) is 2.57. The standard InChI is InChI=1S/C21H27N3O3S/c1-23(2)15-16-6-8-18(9-7-16)21(25)24-13-10-17(11-14-24)20-19(28(3,26)27)5-4-12-22-20/h4-9,12,17H,10-11,13-15H2,1-3H3. The molecule has 1 amide bonds. The minimum atomic E-state index is -3.31. The van der Waals surface area contributed by atoms with Crippen molar-refractivity contribution < 1.29 is 13.2 Å². The van der Waals surface area contributed by atoms with Crippen LogP contribution in [0.15, 0.2) is 47.5 Å². The summed E-state index contributed by atoms with van der Waals surface area (Å²) in [7, 11) is 0.713. The zero-order valence-electron chi connectivity index (χ0n) is 16.6. The van der Waals surface area contributed by atoms with Gasteiger partial charge in [-0.3, -0.25) is 9.78 Å². The minimum absolute atomic E-state index is 0.0270. The molecule has 0 atom stereocenters. The first-order chi connectivity index (χ1) is 13.3. The average molecular weight is 402 g/mol. The first-order valence-corrected chi connectivity index (χ1v) is 11.3. The summed E-state index contributed by atoms with van der Waals surface area (Å²) in [6.45, 7) is 2.04. The van der Waals surface area contributed by atoms with E-state index in [0.29, 0.717) is 42.1 Å². The van der Waals surface area contributed by atoms with Gasteiger partial charge in [0.15, 0.2) is 9.84 Å². The number of piperidine rings is 1. The smallest absolute Gasteiger partial charge is 0.253 e. The lowest BCUT2D eigenvalue weighted by Crippen LogP contribution is -2.38. The van der Waals surface area contributed by atoms with Gasteiger partial charge in [0.2, 0.25) is 0 Å². The number of aromatic nitrogens is 1. The van der Waals surface area contributed by atoms with Crippen LogP contribution in [0.4, 0.5) is 0 Å². The number of amides is 1. The second-order valence-electron chi connectivity index (χ2n) is 7.66. The molecule has 2 heterocycles. The van der Waals surface area contributed by atoms with Gasteiger partial charge in [0.25, 0.3) is 5.91 Å². The minimum Gasteiger partial charge on any atom is -0.339 e. The van der Waals surface area contributed by atoms with Crippen molar-refractivity contribution in [3.05, 3.63) is 59.4 Å². The van der Waals surface area contributed by atoms with Gasteiger partial charge in [-0.15, -0.1) is 0 Å². The maximum absolute atomic E-state index is 12.8. The Morgan fingerprint density at radius 1 is 1.14 bits per heavy atom. The second kappa shape index (κ2) is 8.41. The van der Waals surface area contributed by atoms with E-state index in [1.165, 1.54) is 11.8 Å². The van der Waals surface area contributed by atoms with Crippen LogP contribution in [-0.4, -0.2) is 62.5 Å². The summed E-state index contributed by atoms with van der Waals surface area (Å²) in [5.74, 6) is 0.0802. The summed E-state index contributed by atoms with van der Waals surface area (Å²) in [5.41, 5.74) is 2.49. The van der Waals surface area contributed by atoms with Crippen molar-refractivity contribution in [1.82, 2.24) is 14.8 Å². The summed E-state index contributed by atoms with van der Waals surface area (Å²) in [6, 6.07) is 11.0. The van der Waals surface area contributed by atoms with Gasteiger partial charge in [0, 0.05) is 43.6 Å². The van der Waals surface area contributed by atoms with Crippen molar-refractivity contribution in [2.24, 2.45) is 0 Å². The molecular weight excluding hydrogens is 374 g/mol. The van der Waals surface area contributed by atoms with Crippen LogP contribution < -0.4 is 0 Å². The van der Waals surface area contributed by atoms with Gasteiger partial charge in [0.05, 0.1) is 10.6 Å². The Labute approximate surface area is 167 Å². The molecule has 1 aromatic carbocycles. The van der Waals surface area contributed by atoms with Crippen molar-refractivity contribution in [3.63, 3.8) is 0 Å². The van der Waals surface area contributed by atoms with Crippen molar-refractivity contribution in [1.29, 1.82) is 0 Å². The normalized spacial score (nSPS) is 15.8. The molecule has 0 saturated carbocycles. The first kappa shape index (κ1) is 20.5. The molecule has 1 aromatic heterocycles.